The van der Waals surface area contributed by atoms with Gasteiger partial charge >= 0.3 is 0 Å². The zero-order valence-electron chi connectivity index (χ0n) is 11.0. The smallest absolute Gasteiger partial charge is 0.0767 e. The van der Waals surface area contributed by atoms with Crippen molar-refractivity contribution in [3.8, 4) is 0 Å². The molecule has 16 heavy (non-hydrogen) atoms. The molecule has 1 rings (SSSR count). The van der Waals surface area contributed by atoms with Crippen molar-refractivity contribution < 1.29 is 10.2 Å². The summed E-state index contributed by atoms with van der Waals surface area (Å²) in [5.74, 6) is 0. The second-order valence-electron chi connectivity index (χ2n) is 4.68. The number of aliphatic hydroxyl groups is 2. The van der Waals surface area contributed by atoms with Crippen LogP contribution in [0.3, 0.4) is 0 Å². The van der Waals surface area contributed by atoms with Gasteiger partial charge in [0.2, 0.25) is 0 Å². The second kappa shape index (κ2) is 4.56. The monoisotopic (exact) mass is 222 g/mol. The summed E-state index contributed by atoms with van der Waals surface area (Å²) in [6.07, 6.45) is -0.978. The van der Waals surface area contributed by atoms with Crippen LogP contribution in [0.1, 0.15) is 59.4 Å². The van der Waals surface area contributed by atoms with Gasteiger partial charge in [0, 0.05) is 0 Å². The number of aliphatic hydroxyl groups excluding tert-OH is 2. The third-order valence-corrected chi connectivity index (χ3v) is 3.58. The fraction of sp³-hybridized carbons (Fsp3) is 0.571. The first-order chi connectivity index (χ1) is 7.29. The molecule has 0 aromatic heterocycles. The molecule has 0 saturated carbocycles. The Balaban J connectivity index is 3.66. The van der Waals surface area contributed by atoms with Crippen LogP contribution in [0.15, 0.2) is 0 Å². The summed E-state index contributed by atoms with van der Waals surface area (Å²) in [6, 6.07) is 0. The van der Waals surface area contributed by atoms with E-state index in [9.17, 15) is 10.2 Å². The number of rotatable bonds is 2. The first-order valence-electron chi connectivity index (χ1n) is 5.75. The van der Waals surface area contributed by atoms with E-state index in [0.29, 0.717) is 0 Å². The molecule has 2 N–H and O–H groups in total. The van der Waals surface area contributed by atoms with Gasteiger partial charge in [0.25, 0.3) is 0 Å². The van der Waals surface area contributed by atoms with E-state index < -0.39 is 12.2 Å². The molecule has 0 spiro atoms. The van der Waals surface area contributed by atoms with Gasteiger partial charge in [0.1, 0.15) is 0 Å². The van der Waals surface area contributed by atoms with Gasteiger partial charge < -0.3 is 10.2 Å². The summed E-state index contributed by atoms with van der Waals surface area (Å²) in [5.41, 5.74) is 6.37. The Hall–Kier alpha value is -0.860. The maximum absolute atomic E-state index is 9.83. The van der Waals surface area contributed by atoms with Crippen molar-refractivity contribution >= 4 is 0 Å². The van der Waals surface area contributed by atoms with E-state index in [1.54, 1.807) is 13.8 Å². The summed E-state index contributed by atoms with van der Waals surface area (Å²) < 4.78 is 0. The molecule has 0 amide bonds. The first kappa shape index (κ1) is 13.2. The van der Waals surface area contributed by atoms with Gasteiger partial charge in [-0.05, 0) is 74.9 Å². The van der Waals surface area contributed by atoms with Crippen LogP contribution in [0.4, 0.5) is 0 Å². The topological polar surface area (TPSA) is 40.5 Å². The molecule has 2 heteroatoms. The zero-order valence-corrected chi connectivity index (χ0v) is 11.0. The summed E-state index contributed by atoms with van der Waals surface area (Å²) in [5, 5.41) is 19.7. The van der Waals surface area contributed by atoms with Gasteiger partial charge in [-0.15, -0.1) is 0 Å². The van der Waals surface area contributed by atoms with Crippen molar-refractivity contribution in [3.05, 3.63) is 33.4 Å². The fourth-order valence-corrected chi connectivity index (χ4v) is 2.65. The first-order valence-corrected chi connectivity index (χ1v) is 5.75. The molecule has 1 aromatic rings. The molecule has 2 unspecified atom stereocenters. The van der Waals surface area contributed by atoms with E-state index in [4.69, 9.17) is 0 Å². The standard InChI is InChI=1S/C14H22O2/c1-7-8(2)13(11(5)15)10(4)14(9(7)3)12(6)16/h11-12,15-16H,1-6H3. The van der Waals surface area contributed by atoms with Crippen LogP contribution < -0.4 is 0 Å². The molecule has 0 fully saturated rings. The summed E-state index contributed by atoms with van der Waals surface area (Å²) in [6.45, 7) is 11.6. The Bertz CT molecular complexity index is 369. The lowest BCUT2D eigenvalue weighted by Gasteiger charge is -2.23. The van der Waals surface area contributed by atoms with E-state index in [0.717, 1.165) is 33.4 Å². The maximum atomic E-state index is 9.83. The van der Waals surface area contributed by atoms with Crippen molar-refractivity contribution in [2.75, 3.05) is 0 Å². The van der Waals surface area contributed by atoms with Gasteiger partial charge in [0.15, 0.2) is 0 Å². The normalized spacial score (nSPS) is 15.0. The van der Waals surface area contributed by atoms with E-state index in [2.05, 4.69) is 0 Å². The van der Waals surface area contributed by atoms with Gasteiger partial charge in [-0.2, -0.15) is 0 Å². The lowest BCUT2D eigenvalue weighted by atomic mass is 9.85. The van der Waals surface area contributed by atoms with Crippen molar-refractivity contribution in [1.82, 2.24) is 0 Å². The SMILES string of the molecule is Cc1c(C)c(C(C)O)c(C)c(C(C)O)c1C. The van der Waals surface area contributed by atoms with Crippen molar-refractivity contribution in [2.24, 2.45) is 0 Å². The highest BCUT2D eigenvalue weighted by molar-refractivity contribution is 5.51. The summed E-state index contributed by atoms with van der Waals surface area (Å²) >= 11 is 0. The third-order valence-electron chi connectivity index (χ3n) is 3.58. The predicted molar refractivity (Wildman–Crippen MR) is 66.7 cm³/mol. The highest BCUT2D eigenvalue weighted by Gasteiger charge is 2.19. The van der Waals surface area contributed by atoms with Crippen LogP contribution in [0.2, 0.25) is 0 Å². The number of hydrogen-bond donors (Lipinski definition) is 2. The van der Waals surface area contributed by atoms with Crippen molar-refractivity contribution in [3.63, 3.8) is 0 Å². The Morgan fingerprint density at radius 1 is 0.625 bits per heavy atom. The second-order valence-corrected chi connectivity index (χ2v) is 4.68. The minimum absolute atomic E-state index is 0.489. The summed E-state index contributed by atoms with van der Waals surface area (Å²) in [7, 11) is 0. The molecule has 2 nitrogen and oxygen atoms in total. The quantitative estimate of drug-likeness (QED) is 0.807. The molecule has 90 valence electrons. The molecule has 0 heterocycles. The zero-order chi connectivity index (χ0) is 12.6. The highest BCUT2D eigenvalue weighted by atomic mass is 16.3. The molecule has 0 aliphatic heterocycles. The average molecular weight is 222 g/mol. The summed E-state index contributed by atoms with van der Waals surface area (Å²) in [4.78, 5) is 0. The van der Waals surface area contributed by atoms with E-state index in [1.807, 2.05) is 27.7 Å². The van der Waals surface area contributed by atoms with Crippen LogP contribution in [0, 0.1) is 27.7 Å². The van der Waals surface area contributed by atoms with E-state index in [-0.39, 0.29) is 0 Å². The maximum Gasteiger partial charge on any atom is 0.0767 e. The predicted octanol–water partition coefficient (Wildman–Crippen LogP) is 3.03. The van der Waals surface area contributed by atoms with Crippen LogP contribution in [-0.2, 0) is 0 Å². The minimum Gasteiger partial charge on any atom is -0.389 e. The fourth-order valence-electron chi connectivity index (χ4n) is 2.65. The van der Waals surface area contributed by atoms with Crippen molar-refractivity contribution in [2.45, 2.75) is 53.8 Å². The Morgan fingerprint density at radius 2 is 0.938 bits per heavy atom. The Labute approximate surface area is 97.9 Å². The van der Waals surface area contributed by atoms with Gasteiger partial charge in [-0.3, -0.25) is 0 Å². The highest BCUT2D eigenvalue weighted by Crippen LogP contribution is 2.33. The lowest BCUT2D eigenvalue weighted by Crippen LogP contribution is -2.09. The lowest BCUT2D eigenvalue weighted by molar-refractivity contribution is 0.190. The van der Waals surface area contributed by atoms with E-state index >= 15 is 0 Å². The van der Waals surface area contributed by atoms with Crippen LogP contribution in [0.5, 0.6) is 0 Å². The molecule has 0 bridgehead atoms. The molecular formula is C14H22O2. The van der Waals surface area contributed by atoms with Crippen molar-refractivity contribution in [1.29, 1.82) is 0 Å². The third kappa shape index (κ3) is 2.00. The van der Waals surface area contributed by atoms with Crippen LogP contribution >= 0.6 is 0 Å². The number of hydrogen-bond acceptors (Lipinski definition) is 2. The van der Waals surface area contributed by atoms with Gasteiger partial charge in [-0.1, -0.05) is 0 Å². The minimum atomic E-state index is -0.489. The molecular weight excluding hydrogens is 200 g/mol. The molecule has 0 aliphatic carbocycles. The molecule has 2 atom stereocenters. The Morgan fingerprint density at radius 3 is 1.19 bits per heavy atom. The van der Waals surface area contributed by atoms with Gasteiger partial charge in [-0.25, -0.2) is 0 Å². The van der Waals surface area contributed by atoms with Crippen LogP contribution in [-0.4, -0.2) is 10.2 Å². The van der Waals surface area contributed by atoms with Gasteiger partial charge in [0.05, 0.1) is 12.2 Å². The molecule has 1 aromatic carbocycles. The molecule has 0 radical (unpaired) electrons. The Kier molecular flexibility index (Phi) is 3.76. The number of benzene rings is 1. The van der Waals surface area contributed by atoms with E-state index in [1.165, 1.54) is 0 Å². The van der Waals surface area contributed by atoms with Crippen LogP contribution in [0.25, 0.3) is 0 Å². The largest absolute Gasteiger partial charge is 0.389 e. The average Bonchev–Trinajstić information content (AvgIpc) is 2.13. The molecule has 0 saturated heterocycles. The molecule has 0 aliphatic rings.